The normalized spacial score (nSPS) is 15.2. The van der Waals surface area contributed by atoms with Crippen LogP contribution in [-0.2, 0) is 11.3 Å². The van der Waals surface area contributed by atoms with E-state index in [-0.39, 0.29) is 31.1 Å². The van der Waals surface area contributed by atoms with Gasteiger partial charge in [0.1, 0.15) is 11.5 Å². The third-order valence-electron chi connectivity index (χ3n) is 4.52. The van der Waals surface area contributed by atoms with Crippen molar-refractivity contribution < 1.29 is 14.1 Å². The predicted molar refractivity (Wildman–Crippen MR) is 98.9 cm³/mol. The number of hydrogen-bond donors (Lipinski definition) is 2. The van der Waals surface area contributed by atoms with Crippen LogP contribution in [0.15, 0.2) is 22.9 Å². The van der Waals surface area contributed by atoms with Gasteiger partial charge < -0.3 is 20.1 Å². The number of carbonyl (C=O) groups excluding carboxylic acids is 2. The first-order valence-corrected chi connectivity index (χ1v) is 9.50. The molecule has 0 spiro atoms. The van der Waals surface area contributed by atoms with Crippen molar-refractivity contribution >= 4 is 11.9 Å². The lowest BCUT2D eigenvalue weighted by Crippen LogP contribution is -2.46. The predicted octanol–water partition coefficient (Wildman–Crippen LogP) is 3.46. The summed E-state index contributed by atoms with van der Waals surface area (Å²) in [5.74, 6) is 0.780. The van der Waals surface area contributed by atoms with Crippen molar-refractivity contribution in [1.29, 1.82) is 0 Å². The molecule has 1 fully saturated rings. The van der Waals surface area contributed by atoms with Gasteiger partial charge in [-0.05, 0) is 26.2 Å². The van der Waals surface area contributed by atoms with Gasteiger partial charge in [-0.2, -0.15) is 0 Å². The summed E-state index contributed by atoms with van der Waals surface area (Å²) in [5.41, 5.74) is 0.655. The minimum absolute atomic E-state index is 0.0281. The molecule has 0 atom stereocenters. The molecule has 1 aromatic rings. The molecule has 1 aromatic heterocycles. The molecule has 7 nitrogen and oxygen atoms in total. The van der Waals surface area contributed by atoms with Crippen LogP contribution in [0.25, 0.3) is 0 Å². The third-order valence-corrected chi connectivity index (χ3v) is 4.52. The van der Waals surface area contributed by atoms with E-state index in [4.69, 9.17) is 4.52 Å². The van der Waals surface area contributed by atoms with Crippen LogP contribution in [0.5, 0.6) is 0 Å². The average molecular weight is 362 g/mol. The summed E-state index contributed by atoms with van der Waals surface area (Å²) >= 11 is 0. The molecule has 2 rings (SSSR count). The van der Waals surface area contributed by atoms with Gasteiger partial charge in [-0.15, -0.1) is 0 Å². The van der Waals surface area contributed by atoms with Gasteiger partial charge in [-0.25, -0.2) is 4.79 Å². The van der Waals surface area contributed by atoms with Crippen LogP contribution < -0.4 is 10.6 Å². The van der Waals surface area contributed by atoms with Crippen molar-refractivity contribution in [3.63, 3.8) is 0 Å². The maximum absolute atomic E-state index is 12.5. The number of nitrogens with zero attached hydrogens (tertiary/aromatic N) is 2. The van der Waals surface area contributed by atoms with Gasteiger partial charge in [0.2, 0.25) is 5.91 Å². The highest BCUT2D eigenvalue weighted by molar-refractivity contribution is 5.80. The Balaban J connectivity index is 1.92. The zero-order valence-corrected chi connectivity index (χ0v) is 15.8. The van der Waals surface area contributed by atoms with Crippen LogP contribution in [0.2, 0.25) is 0 Å². The fourth-order valence-electron chi connectivity index (χ4n) is 3.04. The van der Waals surface area contributed by atoms with Crippen molar-refractivity contribution in [3.05, 3.63) is 29.8 Å². The first kappa shape index (κ1) is 20.0. The molecule has 2 N–H and O–H groups in total. The fourth-order valence-corrected chi connectivity index (χ4v) is 3.04. The van der Waals surface area contributed by atoms with Gasteiger partial charge in [0.05, 0.1) is 13.2 Å². The molecule has 1 aliphatic rings. The molecule has 1 saturated carbocycles. The number of nitrogens with one attached hydrogen (secondary N) is 2. The number of urea groups is 1. The Labute approximate surface area is 155 Å². The van der Waals surface area contributed by atoms with E-state index in [1.165, 1.54) is 11.3 Å². The van der Waals surface area contributed by atoms with Crippen LogP contribution in [0.1, 0.15) is 63.3 Å². The largest absolute Gasteiger partial charge is 0.361 e. The number of amides is 3. The van der Waals surface area contributed by atoms with Gasteiger partial charge in [-0.1, -0.05) is 43.8 Å². The number of hydrogen-bond acceptors (Lipinski definition) is 4. The van der Waals surface area contributed by atoms with Crippen molar-refractivity contribution in [2.45, 2.75) is 65.3 Å². The molecular formula is C19H30N4O3. The van der Waals surface area contributed by atoms with E-state index in [1.54, 1.807) is 19.2 Å². The molecule has 0 saturated heterocycles. The molecule has 0 aliphatic heterocycles. The number of unbranched alkanes of at least 4 members (excludes halogenated alkanes) is 1. The second-order valence-corrected chi connectivity index (χ2v) is 6.80. The Morgan fingerprint density at radius 1 is 1.35 bits per heavy atom. The molecule has 26 heavy (non-hydrogen) atoms. The molecule has 1 heterocycles. The van der Waals surface area contributed by atoms with Gasteiger partial charge in [0, 0.05) is 18.2 Å². The number of aromatic nitrogens is 1. The molecule has 3 amide bonds. The van der Waals surface area contributed by atoms with E-state index in [9.17, 15) is 9.59 Å². The van der Waals surface area contributed by atoms with E-state index in [1.807, 2.05) is 6.08 Å². The first-order valence-electron chi connectivity index (χ1n) is 9.50. The van der Waals surface area contributed by atoms with E-state index in [2.05, 4.69) is 22.7 Å². The van der Waals surface area contributed by atoms with E-state index >= 15 is 0 Å². The van der Waals surface area contributed by atoms with Gasteiger partial charge in [0.15, 0.2) is 0 Å². The molecule has 1 aliphatic carbocycles. The minimum atomic E-state index is -0.276. The molecular weight excluding hydrogens is 332 g/mol. The van der Waals surface area contributed by atoms with Crippen LogP contribution in [-0.4, -0.2) is 28.7 Å². The summed E-state index contributed by atoms with van der Waals surface area (Å²) in [6.45, 7) is 4.30. The monoisotopic (exact) mass is 362 g/mol. The molecule has 0 aromatic carbocycles. The highest BCUT2D eigenvalue weighted by Gasteiger charge is 2.22. The summed E-state index contributed by atoms with van der Waals surface area (Å²) in [6, 6.07) is 1.51. The standard InChI is InChI=1S/C19H30N4O3/c1-3-4-8-11-20-19(25)23(13-17-12-15(2)26-22-17)14-21-18(24)16-9-6-5-7-10-16/h8,11-12,16H,3-7,9-10,13-14H2,1-2H3,(H,20,25)(H,21,24)/b11-8+. The molecule has 144 valence electrons. The molecule has 0 unspecified atom stereocenters. The molecule has 0 radical (unpaired) electrons. The van der Waals surface area contributed by atoms with Crippen LogP contribution in [0, 0.1) is 12.8 Å². The number of rotatable bonds is 8. The highest BCUT2D eigenvalue weighted by Crippen LogP contribution is 2.23. The fraction of sp³-hybridized carbons (Fsp3) is 0.632. The summed E-state index contributed by atoms with van der Waals surface area (Å²) in [5, 5.41) is 9.59. The summed E-state index contributed by atoms with van der Waals surface area (Å²) in [4.78, 5) is 26.3. The van der Waals surface area contributed by atoms with Gasteiger partial charge in [-0.3, -0.25) is 4.79 Å². The number of carbonyl (C=O) groups is 2. The van der Waals surface area contributed by atoms with E-state index in [0.717, 1.165) is 38.5 Å². The Bertz CT molecular complexity index is 606. The van der Waals surface area contributed by atoms with Crippen molar-refractivity contribution in [3.8, 4) is 0 Å². The van der Waals surface area contributed by atoms with Crippen molar-refractivity contribution in [2.24, 2.45) is 5.92 Å². The summed E-state index contributed by atoms with van der Waals surface area (Å²) in [6.07, 6.45) is 10.7. The smallest absolute Gasteiger partial charge is 0.323 e. The quantitative estimate of drug-likeness (QED) is 0.693. The second kappa shape index (κ2) is 10.6. The SMILES string of the molecule is CCC/C=C/NC(=O)N(CNC(=O)C1CCCCC1)Cc1cc(C)on1. The zero-order valence-electron chi connectivity index (χ0n) is 15.8. The molecule has 0 bridgehead atoms. The Morgan fingerprint density at radius 3 is 2.77 bits per heavy atom. The Kier molecular flexibility index (Phi) is 8.18. The van der Waals surface area contributed by atoms with Crippen LogP contribution in [0.4, 0.5) is 4.79 Å². The van der Waals surface area contributed by atoms with Crippen LogP contribution >= 0.6 is 0 Å². The highest BCUT2D eigenvalue weighted by atomic mass is 16.5. The average Bonchev–Trinajstić information content (AvgIpc) is 3.07. The maximum atomic E-state index is 12.5. The summed E-state index contributed by atoms with van der Waals surface area (Å²) < 4.78 is 5.07. The summed E-state index contributed by atoms with van der Waals surface area (Å²) in [7, 11) is 0. The van der Waals surface area contributed by atoms with E-state index < -0.39 is 0 Å². The van der Waals surface area contributed by atoms with E-state index in [0.29, 0.717) is 11.5 Å². The lowest BCUT2D eigenvalue weighted by Gasteiger charge is -2.25. The van der Waals surface area contributed by atoms with Gasteiger partial charge >= 0.3 is 6.03 Å². The van der Waals surface area contributed by atoms with Crippen LogP contribution in [0.3, 0.4) is 0 Å². The lowest BCUT2D eigenvalue weighted by molar-refractivity contribution is -0.126. The van der Waals surface area contributed by atoms with Gasteiger partial charge in [0.25, 0.3) is 0 Å². The third kappa shape index (κ3) is 6.54. The molecule has 7 heteroatoms. The number of allylic oxidation sites excluding steroid dienone is 1. The Morgan fingerprint density at radius 2 is 2.12 bits per heavy atom. The Hall–Kier alpha value is -2.31. The minimum Gasteiger partial charge on any atom is -0.361 e. The zero-order chi connectivity index (χ0) is 18.8. The first-order chi connectivity index (χ1) is 12.6. The van der Waals surface area contributed by atoms with Crippen molar-refractivity contribution in [1.82, 2.24) is 20.7 Å². The van der Waals surface area contributed by atoms with Crippen molar-refractivity contribution in [2.75, 3.05) is 6.67 Å². The number of aryl methyl sites for hydroxylation is 1. The second-order valence-electron chi connectivity index (χ2n) is 6.80. The lowest BCUT2D eigenvalue weighted by atomic mass is 9.89. The topological polar surface area (TPSA) is 87.5 Å². The maximum Gasteiger partial charge on any atom is 0.323 e.